The van der Waals surface area contributed by atoms with E-state index in [2.05, 4.69) is 17.4 Å². The summed E-state index contributed by atoms with van der Waals surface area (Å²) in [5, 5.41) is 3.26. The van der Waals surface area contributed by atoms with Crippen molar-refractivity contribution >= 4 is 23.2 Å². The second-order valence-corrected chi connectivity index (χ2v) is 10.5. The number of amides is 2. The van der Waals surface area contributed by atoms with Crippen molar-refractivity contribution in [2.24, 2.45) is 0 Å². The number of likely N-dealkylation sites (tertiary alicyclic amines) is 1. The maximum absolute atomic E-state index is 13.8. The van der Waals surface area contributed by atoms with Crippen molar-refractivity contribution in [3.63, 3.8) is 0 Å². The van der Waals surface area contributed by atoms with Crippen LogP contribution in [0.25, 0.3) is 10.4 Å². The molecule has 1 saturated heterocycles. The molecule has 4 aromatic rings. The lowest BCUT2D eigenvalue weighted by Crippen LogP contribution is -2.53. The maximum atomic E-state index is 13.8. The molecule has 5 rings (SSSR count). The standard InChI is InChI=1S/C31H30N2O2S/c1-23(24-11-5-2-6-12-24)32-30(35)31(26-15-9-4-10-16-26)19-21-33(22-20-31)29(34)28-18-17-27(36-28)25-13-7-3-8-14-25/h2-18,23H,19-22H2,1H3,(H,32,35)/t23-/m0/s1. The number of benzene rings is 3. The topological polar surface area (TPSA) is 49.4 Å². The fourth-order valence-electron chi connectivity index (χ4n) is 5.02. The van der Waals surface area contributed by atoms with Crippen LogP contribution in [0.3, 0.4) is 0 Å². The van der Waals surface area contributed by atoms with Crippen LogP contribution in [0.4, 0.5) is 0 Å². The van der Waals surface area contributed by atoms with Gasteiger partial charge in [0.25, 0.3) is 5.91 Å². The van der Waals surface area contributed by atoms with Gasteiger partial charge in [0.1, 0.15) is 0 Å². The summed E-state index contributed by atoms with van der Waals surface area (Å²) >= 11 is 1.53. The maximum Gasteiger partial charge on any atom is 0.263 e. The van der Waals surface area contributed by atoms with Gasteiger partial charge in [-0.05, 0) is 48.6 Å². The number of thiophene rings is 1. The van der Waals surface area contributed by atoms with Gasteiger partial charge in [0, 0.05) is 18.0 Å². The van der Waals surface area contributed by atoms with E-state index in [0.29, 0.717) is 25.9 Å². The van der Waals surface area contributed by atoms with Crippen LogP contribution in [-0.2, 0) is 10.2 Å². The Bertz CT molecular complexity index is 1310. The minimum atomic E-state index is -0.661. The van der Waals surface area contributed by atoms with Crippen LogP contribution >= 0.6 is 11.3 Å². The average molecular weight is 495 g/mol. The molecule has 1 atom stereocenters. The van der Waals surface area contributed by atoms with Crippen LogP contribution < -0.4 is 5.32 Å². The molecule has 1 fully saturated rings. The Labute approximate surface area is 216 Å². The summed E-state index contributed by atoms with van der Waals surface area (Å²) in [5.74, 6) is 0.0709. The molecule has 182 valence electrons. The van der Waals surface area contributed by atoms with Crippen molar-refractivity contribution in [2.75, 3.05) is 13.1 Å². The molecule has 0 bridgehead atoms. The zero-order valence-corrected chi connectivity index (χ0v) is 21.2. The summed E-state index contributed by atoms with van der Waals surface area (Å²) in [5.41, 5.74) is 2.55. The molecule has 1 aliphatic rings. The van der Waals surface area contributed by atoms with Crippen molar-refractivity contribution in [2.45, 2.75) is 31.2 Å². The molecule has 36 heavy (non-hydrogen) atoms. The molecule has 0 aliphatic carbocycles. The molecular weight excluding hydrogens is 464 g/mol. The second kappa shape index (κ2) is 10.5. The van der Waals surface area contributed by atoms with Gasteiger partial charge in [-0.15, -0.1) is 11.3 Å². The first-order valence-corrected chi connectivity index (χ1v) is 13.2. The van der Waals surface area contributed by atoms with Crippen LogP contribution in [-0.4, -0.2) is 29.8 Å². The smallest absolute Gasteiger partial charge is 0.263 e. The number of piperidine rings is 1. The van der Waals surface area contributed by atoms with Gasteiger partial charge in [0.05, 0.1) is 16.3 Å². The average Bonchev–Trinajstić information content (AvgIpc) is 3.44. The number of carbonyl (C=O) groups excluding carboxylic acids is 2. The number of hydrogen-bond acceptors (Lipinski definition) is 3. The minimum absolute atomic E-state index is 0.0274. The van der Waals surface area contributed by atoms with Gasteiger partial charge in [-0.25, -0.2) is 0 Å². The lowest BCUT2D eigenvalue weighted by Gasteiger charge is -2.41. The van der Waals surface area contributed by atoms with Gasteiger partial charge in [-0.1, -0.05) is 91.0 Å². The van der Waals surface area contributed by atoms with Gasteiger partial charge in [0.15, 0.2) is 0 Å². The fourth-order valence-corrected chi connectivity index (χ4v) is 6.00. The highest BCUT2D eigenvalue weighted by molar-refractivity contribution is 7.17. The normalized spacial score (nSPS) is 15.8. The molecule has 2 amide bonds. The van der Waals surface area contributed by atoms with E-state index in [1.165, 1.54) is 11.3 Å². The molecule has 4 nitrogen and oxygen atoms in total. The first kappa shape index (κ1) is 24.0. The van der Waals surface area contributed by atoms with Crippen molar-refractivity contribution < 1.29 is 9.59 Å². The molecule has 5 heteroatoms. The third-order valence-corrected chi connectivity index (χ3v) is 8.31. The molecule has 0 unspecified atom stereocenters. The Morgan fingerprint density at radius 2 is 1.39 bits per heavy atom. The van der Waals surface area contributed by atoms with E-state index < -0.39 is 5.41 Å². The molecule has 2 heterocycles. The van der Waals surface area contributed by atoms with E-state index in [9.17, 15) is 9.59 Å². The first-order chi connectivity index (χ1) is 17.6. The lowest BCUT2D eigenvalue weighted by atomic mass is 9.71. The Kier molecular flexibility index (Phi) is 7.01. The van der Waals surface area contributed by atoms with Gasteiger partial charge < -0.3 is 10.2 Å². The molecule has 1 aliphatic heterocycles. The van der Waals surface area contributed by atoms with E-state index in [1.807, 2.05) is 103 Å². The summed E-state index contributed by atoms with van der Waals surface area (Å²) in [7, 11) is 0. The molecular formula is C31H30N2O2S. The van der Waals surface area contributed by atoms with Crippen molar-refractivity contribution in [3.8, 4) is 10.4 Å². The quantitative estimate of drug-likeness (QED) is 0.334. The minimum Gasteiger partial charge on any atom is -0.349 e. The summed E-state index contributed by atoms with van der Waals surface area (Å²) in [6.07, 6.45) is 1.18. The first-order valence-electron chi connectivity index (χ1n) is 12.4. The molecule has 0 saturated carbocycles. The second-order valence-electron chi connectivity index (χ2n) is 9.38. The van der Waals surface area contributed by atoms with Gasteiger partial charge in [-0.3, -0.25) is 9.59 Å². The van der Waals surface area contributed by atoms with Gasteiger partial charge in [-0.2, -0.15) is 0 Å². The van der Waals surface area contributed by atoms with Crippen LogP contribution in [0.5, 0.6) is 0 Å². The highest BCUT2D eigenvalue weighted by atomic mass is 32.1. The highest BCUT2D eigenvalue weighted by Crippen LogP contribution is 2.38. The van der Waals surface area contributed by atoms with E-state index in [1.54, 1.807) is 0 Å². The van der Waals surface area contributed by atoms with Crippen molar-refractivity contribution in [1.29, 1.82) is 0 Å². The third-order valence-electron chi connectivity index (χ3n) is 7.19. The van der Waals surface area contributed by atoms with Crippen LogP contribution in [0.2, 0.25) is 0 Å². The van der Waals surface area contributed by atoms with Gasteiger partial charge in [0.2, 0.25) is 5.91 Å². The van der Waals surface area contributed by atoms with Crippen LogP contribution in [0.1, 0.15) is 46.6 Å². The number of nitrogens with one attached hydrogen (secondary N) is 1. The summed E-state index contributed by atoms with van der Waals surface area (Å²) < 4.78 is 0. The molecule has 1 N–H and O–H groups in total. The van der Waals surface area contributed by atoms with Crippen molar-refractivity contribution in [3.05, 3.63) is 119 Å². The van der Waals surface area contributed by atoms with Crippen molar-refractivity contribution in [1.82, 2.24) is 10.2 Å². The molecule has 0 spiro atoms. The fraction of sp³-hybridized carbons (Fsp3) is 0.226. The zero-order chi connectivity index (χ0) is 25.0. The molecule has 0 radical (unpaired) electrons. The lowest BCUT2D eigenvalue weighted by molar-refractivity contribution is -0.129. The Morgan fingerprint density at radius 1 is 0.806 bits per heavy atom. The summed E-state index contributed by atoms with van der Waals surface area (Å²) in [4.78, 5) is 30.9. The third kappa shape index (κ3) is 4.84. The van der Waals surface area contributed by atoms with E-state index >= 15 is 0 Å². The predicted octanol–water partition coefficient (Wildman–Crippen LogP) is 6.47. The predicted molar refractivity (Wildman–Crippen MR) is 146 cm³/mol. The Morgan fingerprint density at radius 3 is 2.03 bits per heavy atom. The number of nitrogens with zero attached hydrogens (tertiary/aromatic N) is 1. The zero-order valence-electron chi connectivity index (χ0n) is 20.4. The number of hydrogen-bond donors (Lipinski definition) is 1. The summed E-state index contributed by atoms with van der Waals surface area (Å²) in [6.45, 7) is 3.10. The Hall–Kier alpha value is -3.70. The van der Waals surface area contributed by atoms with Crippen LogP contribution in [0, 0.1) is 0 Å². The molecule has 1 aromatic heterocycles. The Balaban J connectivity index is 1.33. The monoisotopic (exact) mass is 494 g/mol. The molecule has 3 aromatic carbocycles. The van der Waals surface area contributed by atoms with Gasteiger partial charge >= 0.3 is 0 Å². The highest BCUT2D eigenvalue weighted by Gasteiger charge is 2.44. The SMILES string of the molecule is C[C@H](NC(=O)C1(c2ccccc2)CCN(C(=O)c2ccc(-c3ccccc3)s2)CC1)c1ccccc1. The summed E-state index contributed by atoms with van der Waals surface area (Å²) in [6, 6.07) is 34.0. The largest absolute Gasteiger partial charge is 0.349 e. The van der Waals surface area contributed by atoms with Crippen LogP contribution in [0.15, 0.2) is 103 Å². The van der Waals surface area contributed by atoms with E-state index in [0.717, 1.165) is 26.4 Å². The number of rotatable bonds is 6. The van der Waals surface area contributed by atoms with E-state index in [-0.39, 0.29) is 17.9 Å². The van der Waals surface area contributed by atoms with E-state index in [4.69, 9.17) is 0 Å². The number of carbonyl (C=O) groups is 2.